The maximum Gasteiger partial charge on any atom is 0.348 e. The van der Waals surface area contributed by atoms with Crippen LogP contribution in [0.3, 0.4) is 0 Å². The largest absolute Gasteiger partial charge is 0.465 e. The predicted octanol–water partition coefficient (Wildman–Crippen LogP) is 7.12. The normalized spacial score (nSPS) is 28.5. The number of hydrogen-bond acceptors (Lipinski definition) is 6. The van der Waals surface area contributed by atoms with E-state index in [2.05, 4.69) is 46.0 Å². The maximum atomic E-state index is 11.7. The molecule has 192 valence electrons. The van der Waals surface area contributed by atoms with Crippen LogP contribution in [0.1, 0.15) is 67.4 Å². The molecule has 3 rings (SSSR count). The molecule has 0 bridgehead atoms. The van der Waals surface area contributed by atoms with Crippen LogP contribution in [0.2, 0.25) is 18.1 Å². The number of esters is 1. The molecule has 1 unspecified atom stereocenters. The summed E-state index contributed by atoms with van der Waals surface area (Å²) in [5.74, 6) is 0.186. The average molecular weight is 529 g/mol. The maximum absolute atomic E-state index is 11.7. The minimum atomic E-state index is -1.89. The van der Waals surface area contributed by atoms with Crippen molar-refractivity contribution < 1.29 is 23.4 Å². The minimum absolute atomic E-state index is 0.0280. The number of alkyl halides is 1. The Labute approximate surface area is 215 Å². The SMILES string of the molecule is COC(=O)c1ccc(C=CC[C@@H]2[C@@H](CO[Si](C)(C)C(C)(C)C)[C@H](OC3CCCCO3)C[C@H]2Cl)s1. The molecule has 2 fully saturated rings. The van der Waals surface area contributed by atoms with E-state index < -0.39 is 8.32 Å². The molecular weight excluding hydrogens is 488 g/mol. The molecule has 0 aromatic carbocycles. The molecule has 8 heteroatoms. The molecule has 1 saturated heterocycles. The lowest BCUT2D eigenvalue weighted by molar-refractivity contribution is -0.197. The van der Waals surface area contributed by atoms with E-state index >= 15 is 0 Å². The fourth-order valence-electron chi connectivity index (χ4n) is 4.35. The van der Waals surface area contributed by atoms with Crippen molar-refractivity contribution in [2.45, 2.75) is 88.8 Å². The first-order valence-corrected chi connectivity index (χ1v) is 16.6. The summed E-state index contributed by atoms with van der Waals surface area (Å²) >= 11 is 8.35. The highest BCUT2D eigenvalue weighted by Gasteiger charge is 2.46. The van der Waals surface area contributed by atoms with Gasteiger partial charge in [0.25, 0.3) is 0 Å². The highest BCUT2D eigenvalue weighted by Crippen LogP contribution is 2.44. The average Bonchev–Trinajstić information content (AvgIpc) is 3.36. The number of carbonyl (C=O) groups excluding carboxylic acids is 1. The molecule has 5 nitrogen and oxygen atoms in total. The lowest BCUT2D eigenvalue weighted by Gasteiger charge is -2.38. The van der Waals surface area contributed by atoms with Crippen LogP contribution in [0.4, 0.5) is 0 Å². The van der Waals surface area contributed by atoms with Crippen LogP contribution in [-0.4, -0.2) is 52.4 Å². The van der Waals surface area contributed by atoms with Crippen molar-refractivity contribution in [3.8, 4) is 0 Å². The van der Waals surface area contributed by atoms with Crippen LogP contribution < -0.4 is 0 Å². The molecule has 2 aliphatic rings. The summed E-state index contributed by atoms with van der Waals surface area (Å²) in [6, 6.07) is 3.75. The van der Waals surface area contributed by atoms with Crippen molar-refractivity contribution in [3.63, 3.8) is 0 Å². The highest BCUT2D eigenvalue weighted by atomic mass is 35.5. The first-order valence-electron chi connectivity index (χ1n) is 12.4. The van der Waals surface area contributed by atoms with Crippen molar-refractivity contribution in [1.82, 2.24) is 0 Å². The van der Waals surface area contributed by atoms with Gasteiger partial charge in [-0.25, -0.2) is 4.79 Å². The first kappa shape index (κ1) is 27.9. The second-order valence-corrected chi connectivity index (χ2v) is 17.4. The number of rotatable bonds is 9. The Morgan fingerprint density at radius 2 is 2.03 bits per heavy atom. The van der Waals surface area contributed by atoms with E-state index in [0.29, 0.717) is 11.5 Å². The summed E-state index contributed by atoms with van der Waals surface area (Å²) in [6.45, 7) is 12.8. The molecule has 0 amide bonds. The van der Waals surface area contributed by atoms with Gasteiger partial charge in [0.2, 0.25) is 0 Å². The molecule has 2 heterocycles. The van der Waals surface area contributed by atoms with Crippen LogP contribution in [0.15, 0.2) is 18.2 Å². The van der Waals surface area contributed by atoms with Gasteiger partial charge in [-0.1, -0.05) is 26.8 Å². The summed E-state index contributed by atoms with van der Waals surface area (Å²) < 4.78 is 23.8. The van der Waals surface area contributed by atoms with Gasteiger partial charge in [-0.3, -0.25) is 0 Å². The molecule has 1 aliphatic carbocycles. The van der Waals surface area contributed by atoms with E-state index in [9.17, 15) is 4.79 Å². The number of thiophene rings is 1. The van der Waals surface area contributed by atoms with E-state index in [0.717, 1.165) is 43.6 Å². The van der Waals surface area contributed by atoms with Gasteiger partial charge in [0.1, 0.15) is 4.88 Å². The molecule has 1 saturated carbocycles. The Kier molecular flexibility index (Phi) is 9.86. The monoisotopic (exact) mass is 528 g/mol. The summed E-state index contributed by atoms with van der Waals surface area (Å²) in [4.78, 5) is 13.4. The highest BCUT2D eigenvalue weighted by molar-refractivity contribution is 7.14. The van der Waals surface area contributed by atoms with E-state index in [1.54, 1.807) is 6.07 Å². The van der Waals surface area contributed by atoms with E-state index in [4.69, 9.17) is 30.2 Å². The summed E-state index contributed by atoms with van der Waals surface area (Å²) in [5.41, 5.74) is 0. The van der Waals surface area contributed by atoms with Gasteiger partial charge in [0.05, 0.1) is 13.2 Å². The third kappa shape index (κ3) is 7.17. The number of methoxy groups -OCH3 is 1. The van der Waals surface area contributed by atoms with Crippen LogP contribution in [0.5, 0.6) is 0 Å². The van der Waals surface area contributed by atoms with Crippen LogP contribution >= 0.6 is 22.9 Å². The molecular formula is C26H41ClO5SSi. The second kappa shape index (κ2) is 12.0. The Bertz CT molecular complexity index is 827. The summed E-state index contributed by atoms with van der Waals surface area (Å²) in [6.07, 6.45) is 9.02. The van der Waals surface area contributed by atoms with E-state index in [1.807, 2.05) is 6.07 Å². The Hall–Kier alpha value is -0.703. The van der Waals surface area contributed by atoms with Crippen molar-refractivity contribution in [3.05, 3.63) is 28.0 Å². The Morgan fingerprint density at radius 3 is 2.68 bits per heavy atom. The lowest BCUT2D eigenvalue weighted by Crippen LogP contribution is -2.44. The molecule has 1 aliphatic heterocycles. The lowest BCUT2D eigenvalue weighted by atomic mass is 9.92. The predicted molar refractivity (Wildman–Crippen MR) is 142 cm³/mol. The van der Waals surface area contributed by atoms with Gasteiger partial charge in [0.15, 0.2) is 14.6 Å². The Morgan fingerprint density at radius 1 is 1.26 bits per heavy atom. The van der Waals surface area contributed by atoms with Gasteiger partial charge < -0.3 is 18.6 Å². The fourth-order valence-corrected chi connectivity index (χ4v) is 6.72. The van der Waals surface area contributed by atoms with Crippen LogP contribution in [-0.2, 0) is 18.6 Å². The van der Waals surface area contributed by atoms with Crippen molar-refractivity contribution >= 4 is 43.3 Å². The first-order chi connectivity index (χ1) is 16.0. The number of halogens is 1. The van der Waals surface area contributed by atoms with E-state index in [-0.39, 0.29) is 40.6 Å². The van der Waals surface area contributed by atoms with Crippen LogP contribution in [0.25, 0.3) is 6.08 Å². The number of hydrogen-bond donors (Lipinski definition) is 0. The number of ether oxygens (including phenoxy) is 3. The third-order valence-corrected chi connectivity index (χ3v) is 13.6. The number of carbonyl (C=O) groups is 1. The summed E-state index contributed by atoms with van der Waals surface area (Å²) in [7, 11) is -0.488. The zero-order chi connectivity index (χ0) is 24.9. The Balaban J connectivity index is 1.70. The van der Waals surface area contributed by atoms with Crippen molar-refractivity contribution in [2.24, 2.45) is 11.8 Å². The van der Waals surface area contributed by atoms with Gasteiger partial charge >= 0.3 is 5.97 Å². The van der Waals surface area contributed by atoms with Crippen LogP contribution in [0, 0.1) is 11.8 Å². The topological polar surface area (TPSA) is 54.0 Å². The third-order valence-electron chi connectivity index (χ3n) is 7.56. The number of allylic oxidation sites excluding steroid dienone is 1. The quantitative estimate of drug-likeness (QED) is 0.194. The molecule has 0 N–H and O–H groups in total. The molecule has 1 aromatic rings. The zero-order valence-corrected chi connectivity index (χ0v) is 24.0. The molecule has 5 atom stereocenters. The van der Waals surface area contributed by atoms with Crippen molar-refractivity contribution in [1.29, 1.82) is 0 Å². The zero-order valence-electron chi connectivity index (χ0n) is 21.5. The molecule has 0 spiro atoms. The van der Waals surface area contributed by atoms with Gasteiger partial charge in [-0.15, -0.1) is 22.9 Å². The smallest absolute Gasteiger partial charge is 0.348 e. The summed E-state index contributed by atoms with van der Waals surface area (Å²) in [5, 5.41) is 0.181. The van der Waals surface area contributed by atoms with Gasteiger partial charge in [0, 0.05) is 29.4 Å². The van der Waals surface area contributed by atoms with Crippen molar-refractivity contribution in [2.75, 3.05) is 20.3 Å². The second-order valence-electron chi connectivity index (χ2n) is 11.0. The fraction of sp³-hybridized carbons (Fsp3) is 0.731. The van der Waals surface area contributed by atoms with E-state index in [1.165, 1.54) is 18.4 Å². The minimum Gasteiger partial charge on any atom is -0.465 e. The van der Waals surface area contributed by atoms with Gasteiger partial charge in [-0.05, 0) is 74.4 Å². The standard InChI is InChI=1S/C26H41ClO5SSi/c1-26(2,3)34(5,6)31-17-20-19(11-9-10-18-13-14-23(33-18)25(28)29-4)21(27)16-22(20)32-24-12-7-8-15-30-24/h9-10,13-14,19-22,24H,7-8,11-12,15-17H2,1-6H3/t19-,20-,21-,22-,24?/m1/s1. The molecule has 0 radical (unpaired) electrons. The molecule has 34 heavy (non-hydrogen) atoms. The van der Waals surface area contributed by atoms with Gasteiger partial charge in [-0.2, -0.15) is 0 Å². The molecule has 1 aromatic heterocycles.